The van der Waals surface area contributed by atoms with E-state index in [-0.39, 0.29) is 5.91 Å². The van der Waals surface area contributed by atoms with Crippen LogP contribution in [0.3, 0.4) is 0 Å². The van der Waals surface area contributed by atoms with Crippen LogP contribution in [0.4, 0.5) is 5.69 Å². The lowest BCUT2D eigenvalue weighted by Crippen LogP contribution is -2.23. The normalized spacial score (nSPS) is 10.3. The van der Waals surface area contributed by atoms with Gasteiger partial charge in [0.2, 0.25) is 0 Å². The van der Waals surface area contributed by atoms with Crippen LogP contribution < -0.4 is 10.2 Å². The maximum Gasteiger partial charge on any atom is 0.251 e. The Balaban J connectivity index is 1.94. The van der Waals surface area contributed by atoms with E-state index in [1.807, 2.05) is 24.3 Å². The molecule has 0 spiro atoms. The molecule has 2 aromatic carbocycles. The van der Waals surface area contributed by atoms with E-state index in [0.29, 0.717) is 12.1 Å². The van der Waals surface area contributed by atoms with Crippen molar-refractivity contribution in [2.75, 3.05) is 18.0 Å². The highest BCUT2D eigenvalue weighted by atomic mass is 127. The van der Waals surface area contributed by atoms with Gasteiger partial charge in [-0.05, 0) is 78.4 Å². The third-order valence-corrected chi connectivity index (χ3v) is 4.34. The molecule has 0 atom stereocenters. The first-order valence-electron chi connectivity index (χ1n) is 7.51. The number of hydrogen-bond acceptors (Lipinski definition) is 2. The van der Waals surface area contributed by atoms with Crippen LogP contribution in [0.2, 0.25) is 0 Å². The number of halogens is 1. The largest absolute Gasteiger partial charge is 0.372 e. The number of benzene rings is 2. The summed E-state index contributed by atoms with van der Waals surface area (Å²) in [5, 5.41) is 2.96. The molecule has 0 unspecified atom stereocenters. The minimum atomic E-state index is -0.0378. The summed E-state index contributed by atoms with van der Waals surface area (Å²) >= 11 is 2.23. The SMILES string of the molecule is CCN(CC)c1ccc(CNC(=O)c2ccc(I)cc2)cc1. The summed E-state index contributed by atoms with van der Waals surface area (Å²) < 4.78 is 1.13. The van der Waals surface area contributed by atoms with Crippen LogP contribution in [0.1, 0.15) is 29.8 Å². The Kier molecular flexibility index (Phi) is 6.24. The molecule has 2 aromatic rings. The topological polar surface area (TPSA) is 32.3 Å². The van der Waals surface area contributed by atoms with Crippen LogP contribution in [-0.4, -0.2) is 19.0 Å². The average Bonchev–Trinajstić information content (AvgIpc) is 2.55. The molecule has 2 rings (SSSR count). The van der Waals surface area contributed by atoms with Crippen molar-refractivity contribution in [3.63, 3.8) is 0 Å². The van der Waals surface area contributed by atoms with E-state index in [1.165, 1.54) is 5.69 Å². The Hall–Kier alpha value is -1.56. The maximum atomic E-state index is 12.1. The molecular weight excluding hydrogens is 387 g/mol. The molecule has 1 amide bonds. The van der Waals surface area contributed by atoms with E-state index >= 15 is 0 Å². The van der Waals surface area contributed by atoms with Gasteiger partial charge in [-0.25, -0.2) is 0 Å². The predicted molar refractivity (Wildman–Crippen MR) is 100 cm³/mol. The molecule has 116 valence electrons. The molecule has 0 aliphatic rings. The second-order valence-corrected chi connectivity index (χ2v) is 6.27. The Morgan fingerprint density at radius 1 is 1.00 bits per heavy atom. The average molecular weight is 408 g/mol. The summed E-state index contributed by atoms with van der Waals surface area (Å²) in [7, 11) is 0. The summed E-state index contributed by atoms with van der Waals surface area (Å²) in [4.78, 5) is 14.4. The summed E-state index contributed by atoms with van der Waals surface area (Å²) in [6.07, 6.45) is 0. The molecule has 0 heterocycles. The minimum absolute atomic E-state index is 0.0378. The second-order valence-electron chi connectivity index (χ2n) is 5.03. The van der Waals surface area contributed by atoms with Crippen molar-refractivity contribution >= 4 is 34.2 Å². The van der Waals surface area contributed by atoms with Crippen LogP contribution in [0.15, 0.2) is 48.5 Å². The van der Waals surface area contributed by atoms with Gasteiger partial charge in [-0.1, -0.05) is 12.1 Å². The molecule has 0 aromatic heterocycles. The number of hydrogen-bond donors (Lipinski definition) is 1. The van der Waals surface area contributed by atoms with E-state index < -0.39 is 0 Å². The Morgan fingerprint density at radius 2 is 1.59 bits per heavy atom. The molecule has 1 N–H and O–H groups in total. The van der Waals surface area contributed by atoms with Gasteiger partial charge in [0.05, 0.1) is 0 Å². The standard InChI is InChI=1S/C18H21IN2O/c1-3-21(4-2)17-11-5-14(6-12-17)13-20-18(22)15-7-9-16(19)10-8-15/h5-12H,3-4,13H2,1-2H3,(H,20,22). The quantitative estimate of drug-likeness (QED) is 0.732. The number of nitrogens with one attached hydrogen (secondary N) is 1. The number of anilines is 1. The third-order valence-electron chi connectivity index (χ3n) is 3.62. The number of carbonyl (C=O) groups is 1. The Bertz CT molecular complexity index is 604. The van der Waals surface area contributed by atoms with E-state index in [9.17, 15) is 4.79 Å². The van der Waals surface area contributed by atoms with E-state index in [1.54, 1.807) is 0 Å². The zero-order valence-corrected chi connectivity index (χ0v) is 15.1. The summed E-state index contributed by atoms with van der Waals surface area (Å²) in [5.74, 6) is -0.0378. The second kappa shape index (κ2) is 8.17. The Morgan fingerprint density at radius 3 is 2.14 bits per heavy atom. The highest BCUT2D eigenvalue weighted by Gasteiger charge is 2.05. The van der Waals surface area contributed by atoms with Gasteiger partial charge in [-0.15, -0.1) is 0 Å². The van der Waals surface area contributed by atoms with E-state index in [4.69, 9.17) is 0 Å². The monoisotopic (exact) mass is 408 g/mol. The number of rotatable bonds is 6. The van der Waals surface area contributed by atoms with Gasteiger partial charge in [0.25, 0.3) is 5.91 Å². The van der Waals surface area contributed by atoms with Gasteiger partial charge in [0, 0.05) is 34.5 Å². The smallest absolute Gasteiger partial charge is 0.251 e. The van der Waals surface area contributed by atoms with Crippen molar-refractivity contribution in [2.45, 2.75) is 20.4 Å². The van der Waals surface area contributed by atoms with Crippen molar-refractivity contribution in [1.29, 1.82) is 0 Å². The summed E-state index contributed by atoms with van der Waals surface area (Å²) in [6, 6.07) is 15.9. The zero-order valence-electron chi connectivity index (χ0n) is 13.0. The van der Waals surface area contributed by atoms with E-state index in [2.05, 4.69) is 70.9 Å². The molecule has 22 heavy (non-hydrogen) atoms. The fraction of sp³-hybridized carbons (Fsp3) is 0.278. The number of carbonyl (C=O) groups excluding carboxylic acids is 1. The van der Waals surface area contributed by atoms with Crippen molar-refractivity contribution < 1.29 is 4.79 Å². The fourth-order valence-corrected chi connectivity index (χ4v) is 2.66. The van der Waals surface area contributed by atoms with Gasteiger partial charge in [0.1, 0.15) is 0 Å². The fourth-order valence-electron chi connectivity index (χ4n) is 2.30. The van der Waals surface area contributed by atoms with Crippen LogP contribution in [0, 0.1) is 3.57 Å². The van der Waals surface area contributed by atoms with Crippen LogP contribution in [-0.2, 0) is 6.54 Å². The lowest BCUT2D eigenvalue weighted by Gasteiger charge is -2.21. The summed E-state index contributed by atoms with van der Waals surface area (Å²) in [6.45, 7) is 6.85. The first kappa shape index (κ1) is 16.8. The van der Waals surface area contributed by atoms with Crippen LogP contribution in [0.5, 0.6) is 0 Å². The van der Waals surface area contributed by atoms with Crippen molar-refractivity contribution in [2.24, 2.45) is 0 Å². The lowest BCUT2D eigenvalue weighted by molar-refractivity contribution is 0.0951. The van der Waals surface area contributed by atoms with Gasteiger partial charge >= 0.3 is 0 Å². The highest BCUT2D eigenvalue weighted by molar-refractivity contribution is 14.1. The molecule has 0 radical (unpaired) electrons. The Labute approximate surface area is 145 Å². The van der Waals surface area contributed by atoms with Crippen molar-refractivity contribution in [3.8, 4) is 0 Å². The van der Waals surface area contributed by atoms with Gasteiger partial charge in [-0.3, -0.25) is 4.79 Å². The van der Waals surface area contributed by atoms with Crippen molar-refractivity contribution in [3.05, 3.63) is 63.2 Å². The molecule has 0 saturated heterocycles. The van der Waals surface area contributed by atoms with Crippen LogP contribution >= 0.6 is 22.6 Å². The first-order valence-corrected chi connectivity index (χ1v) is 8.59. The molecule has 0 aliphatic heterocycles. The third kappa shape index (κ3) is 4.47. The zero-order chi connectivity index (χ0) is 15.9. The van der Waals surface area contributed by atoms with Crippen LogP contribution in [0.25, 0.3) is 0 Å². The molecular formula is C18H21IN2O. The number of nitrogens with zero attached hydrogens (tertiary/aromatic N) is 1. The predicted octanol–water partition coefficient (Wildman–Crippen LogP) is 4.07. The van der Waals surface area contributed by atoms with Gasteiger partial charge in [0.15, 0.2) is 0 Å². The lowest BCUT2D eigenvalue weighted by atomic mass is 10.1. The minimum Gasteiger partial charge on any atom is -0.372 e. The molecule has 0 saturated carbocycles. The molecule has 4 heteroatoms. The van der Waals surface area contributed by atoms with Gasteiger partial charge in [-0.2, -0.15) is 0 Å². The molecule has 0 aliphatic carbocycles. The molecule has 0 fully saturated rings. The maximum absolute atomic E-state index is 12.1. The molecule has 3 nitrogen and oxygen atoms in total. The number of amides is 1. The molecule has 0 bridgehead atoms. The first-order chi connectivity index (χ1) is 10.6. The van der Waals surface area contributed by atoms with E-state index in [0.717, 1.165) is 22.2 Å². The summed E-state index contributed by atoms with van der Waals surface area (Å²) in [5.41, 5.74) is 3.02. The van der Waals surface area contributed by atoms with Gasteiger partial charge < -0.3 is 10.2 Å². The highest BCUT2D eigenvalue weighted by Crippen LogP contribution is 2.15. The van der Waals surface area contributed by atoms with Crippen molar-refractivity contribution in [1.82, 2.24) is 5.32 Å².